The van der Waals surface area contributed by atoms with Gasteiger partial charge < -0.3 is 19.7 Å². The van der Waals surface area contributed by atoms with Gasteiger partial charge in [-0.15, -0.1) is 0 Å². The number of halogens is 1. The Kier molecular flexibility index (Phi) is 7.71. The number of ether oxygens (including phenoxy) is 2. The molecule has 40 heavy (non-hydrogen) atoms. The smallest absolute Gasteiger partial charge is 0.407 e. The van der Waals surface area contributed by atoms with E-state index < -0.39 is 11.7 Å². The van der Waals surface area contributed by atoms with Crippen LogP contribution in [0.4, 0.5) is 10.7 Å². The van der Waals surface area contributed by atoms with Crippen molar-refractivity contribution in [3.05, 3.63) is 75.5 Å². The van der Waals surface area contributed by atoms with Crippen LogP contribution in [0.25, 0.3) is 11.2 Å². The molecule has 1 amide bonds. The predicted molar refractivity (Wildman–Crippen MR) is 154 cm³/mol. The van der Waals surface area contributed by atoms with E-state index in [1.165, 1.54) is 4.57 Å². The highest BCUT2D eigenvalue weighted by Gasteiger charge is 2.29. The summed E-state index contributed by atoms with van der Waals surface area (Å²) in [6.45, 7) is 7.02. The summed E-state index contributed by atoms with van der Waals surface area (Å²) in [5, 5.41) is 3.57. The van der Waals surface area contributed by atoms with E-state index in [1.807, 2.05) is 67.8 Å². The summed E-state index contributed by atoms with van der Waals surface area (Å²) in [6, 6.07) is 16.7. The molecule has 1 fully saturated rings. The van der Waals surface area contributed by atoms with E-state index in [1.54, 1.807) is 19.2 Å². The van der Waals surface area contributed by atoms with E-state index in [-0.39, 0.29) is 23.3 Å². The first-order chi connectivity index (χ1) is 19.1. The SMILES string of the molecule is Cn1c(Oc2ccccc2)nc2nc(N3CCC[C@@H](NC(=O)OC(C)(C)C)C3)n(Cc3ccccc3Cl)c2c1=O. The number of para-hydroxylation sites is 1. The van der Waals surface area contributed by atoms with Gasteiger partial charge in [-0.1, -0.05) is 48.0 Å². The molecule has 1 saturated heterocycles. The highest BCUT2D eigenvalue weighted by atomic mass is 35.5. The minimum absolute atomic E-state index is 0.140. The van der Waals surface area contributed by atoms with Gasteiger partial charge in [0.1, 0.15) is 11.4 Å². The zero-order chi connectivity index (χ0) is 28.4. The lowest BCUT2D eigenvalue weighted by molar-refractivity contribution is 0.0499. The Morgan fingerprint density at radius 1 is 1.10 bits per heavy atom. The monoisotopic (exact) mass is 564 g/mol. The van der Waals surface area contributed by atoms with Crippen LogP contribution in [0.5, 0.6) is 11.8 Å². The molecule has 0 spiro atoms. The molecule has 11 heteroatoms. The molecule has 3 heterocycles. The van der Waals surface area contributed by atoms with Crippen LogP contribution in [0, 0.1) is 0 Å². The van der Waals surface area contributed by atoms with Crippen molar-refractivity contribution in [2.45, 2.75) is 51.8 Å². The average molecular weight is 565 g/mol. The van der Waals surface area contributed by atoms with Crippen molar-refractivity contribution in [3.63, 3.8) is 0 Å². The minimum Gasteiger partial charge on any atom is -0.444 e. The van der Waals surface area contributed by atoms with Crippen LogP contribution in [0.3, 0.4) is 0 Å². The molecule has 2 aromatic heterocycles. The average Bonchev–Trinajstić information content (AvgIpc) is 3.26. The van der Waals surface area contributed by atoms with Gasteiger partial charge in [-0.25, -0.2) is 4.79 Å². The Bertz CT molecular complexity index is 1580. The van der Waals surface area contributed by atoms with Crippen molar-refractivity contribution in [1.82, 2.24) is 24.4 Å². The molecule has 1 N–H and O–H groups in total. The molecule has 4 aromatic rings. The molecule has 210 valence electrons. The molecule has 10 nitrogen and oxygen atoms in total. The number of piperidine rings is 1. The Morgan fingerprint density at radius 3 is 2.55 bits per heavy atom. The quantitative estimate of drug-likeness (QED) is 0.347. The maximum Gasteiger partial charge on any atom is 0.407 e. The van der Waals surface area contributed by atoms with Crippen molar-refractivity contribution >= 4 is 34.8 Å². The van der Waals surface area contributed by atoms with Gasteiger partial charge >= 0.3 is 12.1 Å². The number of nitrogens with one attached hydrogen (secondary N) is 1. The number of carbonyl (C=O) groups is 1. The van der Waals surface area contributed by atoms with Crippen LogP contribution >= 0.6 is 11.6 Å². The zero-order valence-electron chi connectivity index (χ0n) is 23.1. The summed E-state index contributed by atoms with van der Waals surface area (Å²) in [5.41, 5.74) is 0.587. The maximum atomic E-state index is 13.7. The standard InChI is InChI=1S/C29H33ClN6O4/c1-29(2,3)40-28(38)31-20-12-10-16-35(18-20)26-32-24-23(36(26)17-19-11-8-9-15-22(19)30)25(37)34(4)27(33-24)39-21-13-6-5-7-14-21/h5-9,11,13-15,20H,10,12,16-18H2,1-4H3,(H,31,38)/t20-/m1/s1. The topological polar surface area (TPSA) is 104 Å². The van der Waals surface area contributed by atoms with Crippen molar-refractivity contribution in [2.75, 3.05) is 18.0 Å². The minimum atomic E-state index is -0.591. The molecular weight excluding hydrogens is 532 g/mol. The van der Waals surface area contributed by atoms with E-state index in [2.05, 4.69) is 15.2 Å². The number of alkyl carbamates (subject to hydrolysis) is 1. The van der Waals surface area contributed by atoms with Crippen LogP contribution in [-0.2, 0) is 18.3 Å². The number of hydrogen-bond acceptors (Lipinski definition) is 7. The number of rotatable bonds is 6. The highest BCUT2D eigenvalue weighted by molar-refractivity contribution is 6.31. The van der Waals surface area contributed by atoms with Gasteiger partial charge in [-0.2, -0.15) is 9.97 Å². The second kappa shape index (κ2) is 11.2. The number of amides is 1. The summed E-state index contributed by atoms with van der Waals surface area (Å²) in [6.07, 6.45) is 1.17. The third-order valence-corrected chi connectivity index (χ3v) is 6.96. The first-order valence-corrected chi connectivity index (χ1v) is 13.6. The van der Waals surface area contributed by atoms with Crippen LogP contribution in [-0.4, -0.2) is 49.9 Å². The van der Waals surface area contributed by atoms with Gasteiger partial charge in [-0.3, -0.25) is 13.9 Å². The summed E-state index contributed by atoms with van der Waals surface area (Å²) in [4.78, 5) is 37.7. The molecule has 0 aliphatic carbocycles. The second-order valence-corrected chi connectivity index (χ2v) is 11.3. The van der Waals surface area contributed by atoms with Crippen LogP contribution in [0.1, 0.15) is 39.2 Å². The van der Waals surface area contributed by atoms with Gasteiger partial charge in [0, 0.05) is 31.2 Å². The van der Waals surface area contributed by atoms with Gasteiger partial charge in [-0.05, 0) is 57.4 Å². The number of imidazole rings is 1. The Balaban J connectivity index is 1.54. The molecular formula is C29H33ClN6O4. The summed E-state index contributed by atoms with van der Waals surface area (Å²) < 4.78 is 14.6. The summed E-state index contributed by atoms with van der Waals surface area (Å²) >= 11 is 6.52. The predicted octanol–water partition coefficient (Wildman–Crippen LogP) is 5.12. The lowest BCUT2D eigenvalue weighted by Gasteiger charge is -2.34. The molecule has 0 radical (unpaired) electrons. The number of fused-ring (bicyclic) bond motifs is 1. The Labute approximate surface area is 237 Å². The normalized spacial score (nSPS) is 15.7. The third-order valence-electron chi connectivity index (χ3n) is 6.59. The fourth-order valence-corrected chi connectivity index (χ4v) is 4.95. The fourth-order valence-electron chi connectivity index (χ4n) is 4.75. The van der Waals surface area contributed by atoms with Gasteiger partial charge in [0.15, 0.2) is 11.2 Å². The van der Waals surface area contributed by atoms with E-state index in [0.29, 0.717) is 41.9 Å². The number of carbonyl (C=O) groups excluding carboxylic acids is 1. The van der Waals surface area contributed by atoms with E-state index in [9.17, 15) is 9.59 Å². The first kappa shape index (κ1) is 27.5. The van der Waals surface area contributed by atoms with E-state index >= 15 is 0 Å². The van der Waals surface area contributed by atoms with Crippen molar-refractivity contribution in [1.29, 1.82) is 0 Å². The van der Waals surface area contributed by atoms with Crippen LogP contribution in [0.15, 0.2) is 59.4 Å². The molecule has 1 atom stereocenters. The number of benzene rings is 2. The Morgan fingerprint density at radius 2 is 1.82 bits per heavy atom. The second-order valence-electron chi connectivity index (χ2n) is 10.9. The van der Waals surface area contributed by atoms with Gasteiger partial charge in [0.05, 0.1) is 6.54 Å². The number of nitrogens with zero attached hydrogens (tertiary/aromatic N) is 5. The molecule has 5 rings (SSSR count). The summed E-state index contributed by atoms with van der Waals surface area (Å²) in [7, 11) is 1.63. The number of anilines is 1. The van der Waals surface area contributed by atoms with Crippen molar-refractivity contribution in [2.24, 2.45) is 7.05 Å². The molecule has 1 aliphatic heterocycles. The highest BCUT2D eigenvalue weighted by Crippen LogP contribution is 2.28. The molecule has 2 aromatic carbocycles. The summed E-state index contributed by atoms with van der Waals surface area (Å²) in [5.74, 6) is 1.14. The van der Waals surface area contributed by atoms with E-state index in [4.69, 9.17) is 26.1 Å². The van der Waals surface area contributed by atoms with Crippen molar-refractivity contribution < 1.29 is 14.3 Å². The van der Waals surface area contributed by atoms with E-state index in [0.717, 1.165) is 18.4 Å². The largest absolute Gasteiger partial charge is 0.444 e. The molecule has 0 bridgehead atoms. The maximum absolute atomic E-state index is 13.7. The molecule has 0 saturated carbocycles. The first-order valence-electron chi connectivity index (χ1n) is 13.3. The van der Waals surface area contributed by atoms with Crippen LogP contribution < -0.4 is 20.5 Å². The lowest BCUT2D eigenvalue weighted by atomic mass is 10.1. The molecule has 0 unspecified atom stereocenters. The fraction of sp³-hybridized carbons (Fsp3) is 0.379. The zero-order valence-corrected chi connectivity index (χ0v) is 23.8. The molecule has 1 aliphatic rings. The van der Waals surface area contributed by atoms with Crippen LogP contribution in [0.2, 0.25) is 5.02 Å². The number of aromatic nitrogens is 4. The third kappa shape index (κ3) is 6.07. The van der Waals surface area contributed by atoms with Crippen molar-refractivity contribution in [3.8, 4) is 11.8 Å². The Hall–Kier alpha value is -4.05. The number of hydrogen-bond donors (Lipinski definition) is 1. The van der Waals surface area contributed by atoms with Gasteiger partial charge in [0.25, 0.3) is 5.56 Å². The lowest BCUT2D eigenvalue weighted by Crippen LogP contribution is -2.49. The van der Waals surface area contributed by atoms with Gasteiger partial charge in [0.2, 0.25) is 5.95 Å².